The Morgan fingerprint density at radius 3 is 2.67 bits per heavy atom. The van der Waals surface area contributed by atoms with Crippen molar-refractivity contribution in [3.8, 4) is 11.8 Å². The molecule has 15 heavy (non-hydrogen) atoms. The number of carbonyl (C=O) groups is 1. The summed E-state index contributed by atoms with van der Waals surface area (Å²) in [5.74, 6) is -1.15. The Hall–Kier alpha value is -2.28. The highest BCUT2D eigenvalue weighted by Gasteiger charge is 2.06. The van der Waals surface area contributed by atoms with Crippen LogP contribution in [0, 0.1) is 18.3 Å². The minimum Gasteiger partial charge on any atom is -0.508 e. The van der Waals surface area contributed by atoms with Gasteiger partial charge in [-0.15, -0.1) is 0 Å². The van der Waals surface area contributed by atoms with E-state index in [9.17, 15) is 4.79 Å². The van der Waals surface area contributed by atoms with E-state index < -0.39 is 5.97 Å². The maximum absolute atomic E-state index is 10.6. The average Bonchev–Trinajstić information content (AvgIpc) is 2.16. The van der Waals surface area contributed by atoms with Gasteiger partial charge in [-0.25, -0.2) is 4.79 Å². The molecule has 0 fully saturated rings. The zero-order valence-corrected chi connectivity index (χ0v) is 8.06. The molecule has 1 aromatic rings. The fourth-order valence-electron chi connectivity index (χ4n) is 1.12. The monoisotopic (exact) mass is 203 g/mol. The number of aryl methyl sites for hydroxylation is 1. The molecule has 0 aliphatic heterocycles. The van der Waals surface area contributed by atoms with Crippen molar-refractivity contribution in [3.05, 3.63) is 34.9 Å². The number of aromatic hydroxyl groups is 1. The van der Waals surface area contributed by atoms with Crippen LogP contribution in [0.25, 0.3) is 6.08 Å². The molecule has 0 unspecified atom stereocenters. The summed E-state index contributed by atoms with van der Waals surface area (Å²) in [6.07, 6.45) is 1.27. The molecule has 0 bridgehead atoms. The second-order valence-corrected chi connectivity index (χ2v) is 3.02. The number of phenols is 1. The SMILES string of the molecule is Cc1cc(O)ccc1/C=C(\C#N)C(=O)O. The van der Waals surface area contributed by atoms with Gasteiger partial charge in [0.1, 0.15) is 17.4 Å². The molecular formula is C11H9NO3. The zero-order chi connectivity index (χ0) is 11.4. The van der Waals surface area contributed by atoms with Crippen LogP contribution in [0.2, 0.25) is 0 Å². The van der Waals surface area contributed by atoms with Crippen molar-refractivity contribution in [3.63, 3.8) is 0 Å². The summed E-state index contributed by atoms with van der Waals surface area (Å²) in [4.78, 5) is 10.6. The van der Waals surface area contributed by atoms with E-state index in [-0.39, 0.29) is 11.3 Å². The number of carboxylic acid groups (broad SMARTS) is 1. The van der Waals surface area contributed by atoms with Crippen molar-refractivity contribution in [2.24, 2.45) is 0 Å². The summed E-state index contributed by atoms with van der Waals surface area (Å²) < 4.78 is 0. The van der Waals surface area contributed by atoms with Crippen LogP contribution in [0.4, 0.5) is 0 Å². The summed E-state index contributed by atoms with van der Waals surface area (Å²) in [6.45, 7) is 1.72. The standard InChI is InChI=1S/C11H9NO3/c1-7-4-10(13)3-2-8(7)5-9(6-12)11(14)15/h2-5,13H,1H3,(H,14,15)/b9-5+. The summed E-state index contributed by atoms with van der Waals surface area (Å²) in [7, 11) is 0. The van der Waals surface area contributed by atoms with Crippen LogP contribution in [-0.4, -0.2) is 16.2 Å². The van der Waals surface area contributed by atoms with Gasteiger partial charge in [-0.3, -0.25) is 0 Å². The number of benzene rings is 1. The fraction of sp³-hybridized carbons (Fsp3) is 0.0909. The molecule has 1 rings (SSSR count). The number of nitrogens with zero attached hydrogens (tertiary/aromatic N) is 1. The summed E-state index contributed by atoms with van der Waals surface area (Å²) in [5.41, 5.74) is 0.986. The number of nitriles is 1. The van der Waals surface area contributed by atoms with Gasteiger partial charge in [0.15, 0.2) is 0 Å². The van der Waals surface area contributed by atoms with E-state index in [0.29, 0.717) is 11.1 Å². The van der Waals surface area contributed by atoms with Crippen molar-refractivity contribution in [2.45, 2.75) is 6.92 Å². The third-order valence-electron chi connectivity index (χ3n) is 1.90. The van der Waals surface area contributed by atoms with Gasteiger partial charge in [0.25, 0.3) is 0 Å². The Morgan fingerprint density at radius 1 is 1.53 bits per heavy atom. The van der Waals surface area contributed by atoms with Gasteiger partial charge in [-0.1, -0.05) is 6.07 Å². The summed E-state index contributed by atoms with van der Waals surface area (Å²) in [5, 5.41) is 26.3. The number of hydrogen-bond donors (Lipinski definition) is 2. The molecular weight excluding hydrogens is 194 g/mol. The van der Waals surface area contributed by atoms with E-state index >= 15 is 0 Å². The Kier molecular flexibility index (Phi) is 3.09. The molecule has 0 saturated heterocycles. The van der Waals surface area contributed by atoms with Crippen LogP contribution < -0.4 is 0 Å². The topological polar surface area (TPSA) is 81.3 Å². The lowest BCUT2D eigenvalue weighted by atomic mass is 10.1. The molecule has 0 atom stereocenters. The van der Waals surface area contributed by atoms with Crippen LogP contribution in [0.1, 0.15) is 11.1 Å². The molecule has 0 saturated carbocycles. The number of hydrogen-bond acceptors (Lipinski definition) is 3. The predicted molar refractivity (Wildman–Crippen MR) is 54.1 cm³/mol. The zero-order valence-electron chi connectivity index (χ0n) is 8.06. The van der Waals surface area contributed by atoms with Gasteiger partial charge in [-0.2, -0.15) is 5.26 Å². The molecule has 1 aromatic carbocycles. The van der Waals surface area contributed by atoms with Crippen molar-refractivity contribution in [2.75, 3.05) is 0 Å². The second-order valence-electron chi connectivity index (χ2n) is 3.02. The van der Waals surface area contributed by atoms with E-state index in [1.807, 2.05) is 0 Å². The smallest absolute Gasteiger partial charge is 0.346 e. The van der Waals surface area contributed by atoms with Crippen molar-refractivity contribution in [1.82, 2.24) is 0 Å². The van der Waals surface area contributed by atoms with E-state index in [1.54, 1.807) is 19.1 Å². The maximum Gasteiger partial charge on any atom is 0.346 e. The van der Waals surface area contributed by atoms with Crippen molar-refractivity contribution < 1.29 is 15.0 Å². The van der Waals surface area contributed by atoms with Crippen LogP contribution >= 0.6 is 0 Å². The van der Waals surface area contributed by atoms with Crippen LogP contribution in [0.3, 0.4) is 0 Å². The summed E-state index contributed by atoms with van der Waals surface area (Å²) >= 11 is 0. The van der Waals surface area contributed by atoms with Gasteiger partial charge in [0, 0.05) is 0 Å². The molecule has 4 heteroatoms. The Balaban J connectivity index is 3.19. The highest BCUT2D eigenvalue weighted by molar-refractivity contribution is 5.96. The Morgan fingerprint density at radius 2 is 2.20 bits per heavy atom. The molecule has 4 nitrogen and oxygen atoms in total. The fourth-order valence-corrected chi connectivity index (χ4v) is 1.12. The molecule has 0 amide bonds. The lowest BCUT2D eigenvalue weighted by Gasteiger charge is -2.00. The Labute approximate surface area is 86.7 Å². The molecule has 0 radical (unpaired) electrons. The normalized spacial score (nSPS) is 10.8. The average molecular weight is 203 g/mol. The molecule has 0 aromatic heterocycles. The van der Waals surface area contributed by atoms with E-state index in [2.05, 4.69) is 0 Å². The van der Waals surface area contributed by atoms with E-state index in [0.717, 1.165) is 0 Å². The quantitative estimate of drug-likeness (QED) is 0.566. The third kappa shape index (κ3) is 2.58. The lowest BCUT2D eigenvalue weighted by Crippen LogP contribution is -1.97. The first-order valence-electron chi connectivity index (χ1n) is 4.19. The van der Waals surface area contributed by atoms with Gasteiger partial charge < -0.3 is 10.2 Å². The minimum absolute atomic E-state index is 0.110. The number of rotatable bonds is 2. The molecule has 0 heterocycles. The maximum atomic E-state index is 10.6. The molecule has 0 aliphatic rings. The highest BCUT2D eigenvalue weighted by atomic mass is 16.4. The third-order valence-corrected chi connectivity index (χ3v) is 1.90. The van der Waals surface area contributed by atoms with Crippen LogP contribution in [0.5, 0.6) is 5.75 Å². The van der Waals surface area contributed by atoms with Crippen LogP contribution in [-0.2, 0) is 4.79 Å². The first-order valence-corrected chi connectivity index (χ1v) is 4.19. The Bertz CT molecular complexity index is 469. The highest BCUT2D eigenvalue weighted by Crippen LogP contribution is 2.18. The molecule has 0 spiro atoms. The predicted octanol–water partition coefficient (Wildman–Crippen LogP) is 1.69. The molecule has 2 N–H and O–H groups in total. The number of aliphatic carboxylic acids is 1. The van der Waals surface area contributed by atoms with Gasteiger partial charge in [-0.05, 0) is 36.3 Å². The number of carboxylic acids is 1. The van der Waals surface area contributed by atoms with E-state index in [1.165, 1.54) is 18.2 Å². The lowest BCUT2D eigenvalue weighted by molar-refractivity contribution is -0.132. The minimum atomic E-state index is -1.26. The molecule has 76 valence electrons. The summed E-state index contributed by atoms with van der Waals surface area (Å²) in [6, 6.07) is 6.09. The van der Waals surface area contributed by atoms with Crippen molar-refractivity contribution in [1.29, 1.82) is 5.26 Å². The van der Waals surface area contributed by atoms with E-state index in [4.69, 9.17) is 15.5 Å². The number of phenolic OH excluding ortho intramolecular Hbond substituents is 1. The van der Waals surface area contributed by atoms with Gasteiger partial charge >= 0.3 is 5.97 Å². The van der Waals surface area contributed by atoms with Gasteiger partial charge in [0.2, 0.25) is 0 Å². The largest absolute Gasteiger partial charge is 0.508 e. The first-order chi connectivity index (χ1) is 7.04. The second kappa shape index (κ2) is 4.29. The molecule has 0 aliphatic carbocycles. The van der Waals surface area contributed by atoms with Gasteiger partial charge in [0.05, 0.1) is 0 Å². The van der Waals surface area contributed by atoms with Crippen LogP contribution in [0.15, 0.2) is 23.8 Å². The van der Waals surface area contributed by atoms with Crippen molar-refractivity contribution >= 4 is 12.0 Å². The first kappa shape index (κ1) is 10.8.